The van der Waals surface area contributed by atoms with Crippen LogP contribution in [0.4, 0.5) is 0 Å². The van der Waals surface area contributed by atoms with Gasteiger partial charge in [-0.3, -0.25) is 0 Å². The highest BCUT2D eigenvalue weighted by atomic mass is 35.5. The van der Waals surface area contributed by atoms with Crippen molar-refractivity contribution in [2.75, 3.05) is 0 Å². The van der Waals surface area contributed by atoms with Crippen LogP contribution >= 0.6 is 11.6 Å². The van der Waals surface area contributed by atoms with E-state index in [9.17, 15) is 0 Å². The lowest BCUT2D eigenvalue weighted by molar-refractivity contribution is 0.469. The lowest BCUT2D eigenvalue weighted by Crippen LogP contribution is -2.14. The van der Waals surface area contributed by atoms with E-state index in [4.69, 9.17) is 11.6 Å². The smallest absolute Gasteiger partial charge is 0.147 e. The molecule has 0 aromatic carbocycles. The van der Waals surface area contributed by atoms with Crippen LogP contribution in [0, 0.1) is 5.92 Å². The van der Waals surface area contributed by atoms with E-state index in [1.165, 1.54) is 0 Å². The molecule has 0 spiro atoms. The molecule has 0 unspecified atom stereocenters. The van der Waals surface area contributed by atoms with Gasteiger partial charge in [0.2, 0.25) is 0 Å². The molecule has 0 saturated heterocycles. The van der Waals surface area contributed by atoms with Gasteiger partial charge in [0, 0.05) is 12.5 Å². The van der Waals surface area contributed by atoms with Crippen molar-refractivity contribution >= 4 is 11.6 Å². The fourth-order valence-corrected chi connectivity index (χ4v) is 2.17. The molecule has 1 aromatic heterocycles. The van der Waals surface area contributed by atoms with E-state index in [2.05, 4.69) is 42.5 Å². The van der Waals surface area contributed by atoms with Crippen LogP contribution in [0.25, 0.3) is 0 Å². The van der Waals surface area contributed by atoms with Crippen LogP contribution in [0.1, 0.15) is 58.1 Å². The van der Waals surface area contributed by atoms with Gasteiger partial charge in [-0.2, -0.15) is 0 Å². The molecule has 0 saturated carbocycles. The third kappa shape index (κ3) is 2.97. The number of halogens is 1. The van der Waals surface area contributed by atoms with E-state index in [0.29, 0.717) is 17.7 Å². The fourth-order valence-electron chi connectivity index (χ4n) is 1.97. The normalized spacial score (nSPS) is 11.7. The zero-order valence-electron chi connectivity index (χ0n) is 10.7. The Bertz CT molecular complexity index is 316. The quantitative estimate of drug-likeness (QED) is 0.715. The van der Waals surface area contributed by atoms with Crippen molar-refractivity contribution in [3.8, 4) is 0 Å². The first-order chi connectivity index (χ1) is 7.63. The molecular formula is C12H22ClN3. The summed E-state index contributed by atoms with van der Waals surface area (Å²) in [6.07, 6.45) is 2.21. The third-order valence-electron chi connectivity index (χ3n) is 2.87. The van der Waals surface area contributed by atoms with E-state index in [0.717, 1.165) is 31.0 Å². The lowest BCUT2D eigenvalue weighted by Gasteiger charge is -2.16. The maximum atomic E-state index is 5.90. The summed E-state index contributed by atoms with van der Waals surface area (Å²) in [6.45, 7) is 9.76. The minimum Gasteiger partial charge on any atom is -0.313 e. The van der Waals surface area contributed by atoms with Gasteiger partial charge < -0.3 is 4.57 Å². The highest BCUT2D eigenvalue weighted by molar-refractivity contribution is 6.16. The maximum absolute atomic E-state index is 5.90. The van der Waals surface area contributed by atoms with Crippen molar-refractivity contribution in [1.29, 1.82) is 0 Å². The number of aromatic nitrogens is 3. The molecule has 1 heterocycles. The molecule has 0 aliphatic heterocycles. The highest BCUT2D eigenvalue weighted by Crippen LogP contribution is 2.23. The molecule has 0 atom stereocenters. The van der Waals surface area contributed by atoms with Gasteiger partial charge in [-0.25, -0.2) is 0 Å². The first-order valence-electron chi connectivity index (χ1n) is 6.11. The van der Waals surface area contributed by atoms with Crippen LogP contribution in [0.15, 0.2) is 0 Å². The van der Waals surface area contributed by atoms with Gasteiger partial charge in [0.1, 0.15) is 11.6 Å². The summed E-state index contributed by atoms with van der Waals surface area (Å²) in [5, 5.41) is 8.50. The van der Waals surface area contributed by atoms with Crippen molar-refractivity contribution in [3.05, 3.63) is 11.6 Å². The molecule has 0 aliphatic rings. The second-order valence-corrected chi connectivity index (χ2v) is 4.89. The predicted molar refractivity (Wildman–Crippen MR) is 67.7 cm³/mol. The molecule has 0 N–H and O–H groups in total. The SMILES string of the molecule is CCC(CC)c1nnc(CCl)n1CC(C)C. The lowest BCUT2D eigenvalue weighted by atomic mass is 10.0. The summed E-state index contributed by atoms with van der Waals surface area (Å²) in [4.78, 5) is 0. The van der Waals surface area contributed by atoms with Crippen LogP contribution < -0.4 is 0 Å². The molecule has 1 aromatic rings. The second kappa shape index (κ2) is 6.24. The number of rotatable bonds is 6. The van der Waals surface area contributed by atoms with Crippen LogP contribution in [0.5, 0.6) is 0 Å². The monoisotopic (exact) mass is 243 g/mol. The summed E-state index contributed by atoms with van der Waals surface area (Å²) >= 11 is 5.90. The summed E-state index contributed by atoms with van der Waals surface area (Å²) in [6, 6.07) is 0. The van der Waals surface area contributed by atoms with Gasteiger partial charge >= 0.3 is 0 Å². The Morgan fingerprint density at radius 2 is 1.81 bits per heavy atom. The summed E-state index contributed by atoms with van der Waals surface area (Å²) < 4.78 is 2.20. The number of hydrogen-bond acceptors (Lipinski definition) is 2. The Kier molecular flexibility index (Phi) is 5.26. The zero-order valence-corrected chi connectivity index (χ0v) is 11.5. The van der Waals surface area contributed by atoms with Gasteiger partial charge in [-0.1, -0.05) is 27.7 Å². The Labute approximate surface area is 103 Å². The highest BCUT2D eigenvalue weighted by Gasteiger charge is 2.18. The van der Waals surface area contributed by atoms with E-state index in [-0.39, 0.29) is 0 Å². The summed E-state index contributed by atoms with van der Waals surface area (Å²) in [7, 11) is 0. The molecule has 0 bridgehead atoms. The molecule has 0 radical (unpaired) electrons. The minimum absolute atomic E-state index is 0.444. The fraction of sp³-hybridized carbons (Fsp3) is 0.833. The Morgan fingerprint density at radius 1 is 1.19 bits per heavy atom. The van der Waals surface area contributed by atoms with E-state index in [1.807, 2.05) is 0 Å². The molecule has 0 fully saturated rings. The summed E-state index contributed by atoms with van der Waals surface area (Å²) in [5.74, 6) is 3.54. The third-order valence-corrected chi connectivity index (χ3v) is 3.11. The van der Waals surface area contributed by atoms with E-state index in [1.54, 1.807) is 0 Å². The van der Waals surface area contributed by atoms with Crippen LogP contribution in [-0.4, -0.2) is 14.8 Å². The van der Waals surface area contributed by atoms with Crippen molar-refractivity contribution in [3.63, 3.8) is 0 Å². The molecule has 16 heavy (non-hydrogen) atoms. The van der Waals surface area contributed by atoms with Crippen molar-refractivity contribution in [2.24, 2.45) is 5.92 Å². The average Bonchev–Trinajstić information content (AvgIpc) is 2.63. The van der Waals surface area contributed by atoms with E-state index < -0.39 is 0 Å². The van der Waals surface area contributed by atoms with Gasteiger partial charge in [-0.15, -0.1) is 21.8 Å². The van der Waals surface area contributed by atoms with Crippen LogP contribution in [0.3, 0.4) is 0 Å². The van der Waals surface area contributed by atoms with Crippen LogP contribution in [0.2, 0.25) is 0 Å². The second-order valence-electron chi connectivity index (χ2n) is 4.63. The molecule has 1 rings (SSSR count). The molecule has 0 amide bonds. The van der Waals surface area contributed by atoms with Gasteiger partial charge in [-0.05, 0) is 18.8 Å². The number of hydrogen-bond donors (Lipinski definition) is 0. The molecule has 0 aliphatic carbocycles. The molecule has 3 nitrogen and oxygen atoms in total. The average molecular weight is 244 g/mol. The molecule has 92 valence electrons. The maximum Gasteiger partial charge on any atom is 0.147 e. The van der Waals surface area contributed by atoms with Gasteiger partial charge in [0.05, 0.1) is 5.88 Å². The van der Waals surface area contributed by atoms with Crippen molar-refractivity contribution in [1.82, 2.24) is 14.8 Å². The standard InChI is InChI=1S/C12H22ClN3/c1-5-10(6-2)12-15-14-11(7-13)16(12)8-9(3)4/h9-10H,5-8H2,1-4H3. The minimum atomic E-state index is 0.444. The molecular weight excluding hydrogens is 222 g/mol. The zero-order chi connectivity index (χ0) is 12.1. The Balaban J connectivity index is 3.03. The van der Waals surface area contributed by atoms with Crippen molar-refractivity contribution < 1.29 is 0 Å². The number of nitrogens with zero attached hydrogens (tertiary/aromatic N) is 3. The van der Waals surface area contributed by atoms with Gasteiger partial charge in [0.15, 0.2) is 0 Å². The van der Waals surface area contributed by atoms with Gasteiger partial charge in [0.25, 0.3) is 0 Å². The topological polar surface area (TPSA) is 30.7 Å². The van der Waals surface area contributed by atoms with Crippen LogP contribution in [-0.2, 0) is 12.4 Å². The summed E-state index contributed by atoms with van der Waals surface area (Å²) in [5.41, 5.74) is 0. The van der Waals surface area contributed by atoms with E-state index >= 15 is 0 Å². The van der Waals surface area contributed by atoms with Crippen molar-refractivity contribution in [2.45, 2.75) is 58.9 Å². The first kappa shape index (κ1) is 13.5. The Morgan fingerprint density at radius 3 is 2.25 bits per heavy atom. The largest absolute Gasteiger partial charge is 0.313 e. The Hall–Kier alpha value is -0.570. The molecule has 4 heteroatoms. The first-order valence-corrected chi connectivity index (χ1v) is 6.65. The predicted octanol–water partition coefficient (Wildman–Crippen LogP) is 3.58. The number of alkyl halides is 1.